The molecule has 24 heavy (non-hydrogen) atoms. The van der Waals surface area contributed by atoms with Gasteiger partial charge in [-0.15, -0.1) is 0 Å². The number of guanidine groups is 3. The van der Waals surface area contributed by atoms with Gasteiger partial charge in [0.2, 0.25) is 17.7 Å². The maximum Gasteiger partial charge on any atom is 0.246 e. The van der Waals surface area contributed by atoms with E-state index in [4.69, 9.17) is 16.2 Å². The Bertz CT molecular complexity index is 507. The van der Waals surface area contributed by atoms with Crippen LogP contribution in [-0.4, -0.2) is 91.1 Å². The van der Waals surface area contributed by atoms with Crippen LogP contribution in [0.5, 0.6) is 0 Å². The minimum atomic E-state index is -0.0995. The first-order valence-corrected chi connectivity index (χ1v) is 6.88. The van der Waals surface area contributed by atoms with Gasteiger partial charge in [0.25, 0.3) is 0 Å². The summed E-state index contributed by atoms with van der Waals surface area (Å²) in [4.78, 5) is 35.7. The van der Waals surface area contributed by atoms with Crippen LogP contribution in [0, 0.1) is 16.2 Å². The van der Waals surface area contributed by atoms with Crippen molar-refractivity contribution >= 4 is 35.6 Å². The van der Waals surface area contributed by atoms with E-state index in [1.165, 1.54) is 0 Å². The highest BCUT2D eigenvalue weighted by atomic mass is 16.2. The fourth-order valence-electron chi connectivity index (χ4n) is 1.68. The summed E-state index contributed by atoms with van der Waals surface area (Å²) in [7, 11) is 5.08. The molecule has 0 unspecified atom stereocenters. The van der Waals surface area contributed by atoms with Gasteiger partial charge in [-0.05, 0) is 0 Å². The molecular formula is C12H21N9O3. The summed E-state index contributed by atoms with van der Waals surface area (Å²) >= 11 is 0. The molecule has 3 aliphatic rings. The highest BCUT2D eigenvalue weighted by Crippen LogP contribution is 1.90. The van der Waals surface area contributed by atoms with Crippen LogP contribution in [0.15, 0.2) is 0 Å². The van der Waals surface area contributed by atoms with Crippen LogP contribution in [-0.2, 0) is 14.4 Å². The van der Waals surface area contributed by atoms with Gasteiger partial charge in [-0.1, -0.05) is 0 Å². The van der Waals surface area contributed by atoms with Crippen LogP contribution < -0.4 is 16.0 Å². The molecule has 3 aliphatic heterocycles. The lowest BCUT2D eigenvalue weighted by Crippen LogP contribution is -2.25. The molecule has 0 saturated carbocycles. The highest BCUT2D eigenvalue weighted by molar-refractivity contribution is 6.03. The van der Waals surface area contributed by atoms with Crippen molar-refractivity contribution in [2.75, 3.05) is 40.8 Å². The number of rotatable bonds is 0. The molecule has 0 aromatic heterocycles. The molecule has 12 heteroatoms. The molecule has 3 rings (SSSR count). The third-order valence-corrected chi connectivity index (χ3v) is 3.06. The van der Waals surface area contributed by atoms with Crippen molar-refractivity contribution in [3.63, 3.8) is 0 Å². The fourth-order valence-corrected chi connectivity index (χ4v) is 1.68. The third kappa shape index (κ3) is 5.55. The lowest BCUT2D eigenvalue weighted by Gasteiger charge is -2.03. The van der Waals surface area contributed by atoms with Crippen molar-refractivity contribution < 1.29 is 14.4 Å². The van der Waals surface area contributed by atoms with Crippen molar-refractivity contribution in [1.82, 2.24) is 30.7 Å². The molecule has 0 spiro atoms. The molecule has 12 nitrogen and oxygen atoms in total. The highest BCUT2D eigenvalue weighted by Gasteiger charge is 2.19. The number of carbonyl (C=O) groups excluding carboxylic acids is 3. The van der Waals surface area contributed by atoms with Crippen LogP contribution in [0.2, 0.25) is 0 Å². The molecule has 3 fully saturated rings. The summed E-state index contributed by atoms with van der Waals surface area (Å²) in [6.45, 7) is 0.955. The number of hydrogen-bond donors (Lipinski definition) is 6. The first-order chi connectivity index (χ1) is 11.1. The molecule has 6 N–H and O–H groups in total. The second-order valence-corrected chi connectivity index (χ2v) is 5.26. The molecule has 3 amide bonds. The zero-order chi connectivity index (χ0) is 18.4. The molecule has 0 aliphatic carbocycles. The van der Waals surface area contributed by atoms with Gasteiger partial charge in [0.15, 0.2) is 17.9 Å². The molecule has 0 atom stereocenters. The number of carbonyl (C=O) groups is 3. The minimum Gasteiger partial charge on any atom is -0.337 e. The van der Waals surface area contributed by atoms with E-state index in [1.807, 2.05) is 0 Å². The van der Waals surface area contributed by atoms with Crippen LogP contribution in [0.25, 0.3) is 0 Å². The Hall–Kier alpha value is -3.18. The molecule has 0 aromatic carbocycles. The van der Waals surface area contributed by atoms with Crippen LogP contribution in [0.1, 0.15) is 0 Å². The smallest absolute Gasteiger partial charge is 0.246 e. The summed E-state index contributed by atoms with van der Waals surface area (Å²) in [5.74, 6) is 0.271. The van der Waals surface area contributed by atoms with Crippen LogP contribution in [0.4, 0.5) is 0 Å². The van der Waals surface area contributed by atoms with Gasteiger partial charge in [0.1, 0.15) is 0 Å². The quantitative estimate of drug-likeness (QED) is 0.274. The largest absolute Gasteiger partial charge is 0.337 e. The zero-order valence-electron chi connectivity index (χ0n) is 13.7. The Morgan fingerprint density at radius 2 is 0.833 bits per heavy atom. The standard InChI is InChI=1S/3C4H7N3O/c3*1-7-2-3(8)6-4(7)5/h3*2H2,1H3,(H2,5,6,8). The normalized spacial score (nSPS) is 19.4. The summed E-state index contributed by atoms with van der Waals surface area (Å²) in [5, 5.41) is 27.9. The third-order valence-electron chi connectivity index (χ3n) is 3.06. The average molecular weight is 339 g/mol. The summed E-state index contributed by atoms with van der Waals surface area (Å²) in [6.07, 6.45) is 0. The molecule has 0 aromatic rings. The Kier molecular flexibility index (Phi) is 6.21. The van der Waals surface area contributed by atoms with Crippen LogP contribution >= 0.6 is 0 Å². The number of likely N-dealkylation sites (N-methyl/N-ethyl adjacent to an activating group) is 3. The van der Waals surface area contributed by atoms with E-state index >= 15 is 0 Å². The van der Waals surface area contributed by atoms with Gasteiger partial charge in [0.05, 0.1) is 19.6 Å². The van der Waals surface area contributed by atoms with Crippen molar-refractivity contribution in [2.45, 2.75) is 0 Å². The lowest BCUT2D eigenvalue weighted by atomic mass is 10.6. The second kappa shape index (κ2) is 7.89. The number of nitrogens with one attached hydrogen (secondary N) is 6. The number of hydrogen-bond acceptors (Lipinski definition) is 6. The Labute approximate surface area is 138 Å². The van der Waals surface area contributed by atoms with Gasteiger partial charge in [0, 0.05) is 21.1 Å². The van der Waals surface area contributed by atoms with E-state index in [0.29, 0.717) is 19.6 Å². The SMILES string of the molecule is CN1CC(=O)NC1=N.CN1CC(=O)NC1=N.CN1CC(=O)NC1=N. The van der Waals surface area contributed by atoms with E-state index in [0.717, 1.165) is 0 Å². The predicted octanol–water partition coefficient (Wildman–Crippen LogP) is -3.05. The van der Waals surface area contributed by atoms with E-state index in [-0.39, 0.29) is 35.6 Å². The van der Waals surface area contributed by atoms with Crippen molar-refractivity contribution in [1.29, 1.82) is 16.2 Å². The Morgan fingerprint density at radius 3 is 0.875 bits per heavy atom. The number of amides is 3. The van der Waals surface area contributed by atoms with Crippen molar-refractivity contribution in [3.8, 4) is 0 Å². The number of nitrogens with zero attached hydrogens (tertiary/aromatic N) is 3. The zero-order valence-corrected chi connectivity index (χ0v) is 13.7. The van der Waals surface area contributed by atoms with E-state index in [2.05, 4.69) is 16.0 Å². The molecule has 132 valence electrons. The second-order valence-electron chi connectivity index (χ2n) is 5.26. The topological polar surface area (TPSA) is 169 Å². The van der Waals surface area contributed by atoms with Gasteiger partial charge >= 0.3 is 0 Å². The van der Waals surface area contributed by atoms with E-state index < -0.39 is 0 Å². The van der Waals surface area contributed by atoms with E-state index in [1.54, 1.807) is 35.8 Å². The molecule has 3 saturated heterocycles. The summed E-state index contributed by atoms with van der Waals surface area (Å²) < 4.78 is 0. The molecular weight excluding hydrogens is 318 g/mol. The van der Waals surface area contributed by atoms with Crippen molar-refractivity contribution in [3.05, 3.63) is 0 Å². The van der Waals surface area contributed by atoms with E-state index in [9.17, 15) is 14.4 Å². The first-order valence-electron chi connectivity index (χ1n) is 6.88. The summed E-state index contributed by atoms with van der Waals surface area (Å²) in [5.41, 5.74) is 0. The predicted molar refractivity (Wildman–Crippen MR) is 85.5 cm³/mol. The molecule has 3 heterocycles. The first kappa shape index (κ1) is 18.9. The molecule has 0 radical (unpaired) electrons. The molecule has 0 bridgehead atoms. The maximum atomic E-state index is 10.4. The van der Waals surface area contributed by atoms with Gasteiger partial charge < -0.3 is 14.7 Å². The van der Waals surface area contributed by atoms with Crippen molar-refractivity contribution in [2.24, 2.45) is 0 Å². The Balaban J connectivity index is 0.000000180. The minimum absolute atomic E-state index is 0.0995. The fraction of sp³-hybridized carbons (Fsp3) is 0.500. The maximum absolute atomic E-state index is 10.4. The van der Waals surface area contributed by atoms with Gasteiger partial charge in [-0.3, -0.25) is 46.6 Å². The Morgan fingerprint density at radius 1 is 0.625 bits per heavy atom. The van der Waals surface area contributed by atoms with Gasteiger partial charge in [-0.25, -0.2) is 0 Å². The lowest BCUT2D eigenvalue weighted by molar-refractivity contribution is -0.119. The van der Waals surface area contributed by atoms with Gasteiger partial charge in [-0.2, -0.15) is 0 Å². The average Bonchev–Trinajstić information content (AvgIpc) is 3.01. The monoisotopic (exact) mass is 339 g/mol. The summed E-state index contributed by atoms with van der Waals surface area (Å²) in [6, 6.07) is 0. The van der Waals surface area contributed by atoms with Crippen LogP contribution in [0.3, 0.4) is 0 Å².